The molecule has 1 unspecified atom stereocenters. The molecule has 0 aliphatic carbocycles. The molecular formula is C23H28N2O5. The van der Waals surface area contributed by atoms with E-state index in [-0.39, 0.29) is 24.5 Å². The van der Waals surface area contributed by atoms with Crippen LogP contribution in [0.1, 0.15) is 36.7 Å². The van der Waals surface area contributed by atoms with Crippen molar-refractivity contribution in [1.82, 2.24) is 10.6 Å². The summed E-state index contributed by atoms with van der Waals surface area (Å²) in [5, 5.41) is 5.77. The molecule has 1 atom stereocenters. The standard InChI is InChI=1S/C23H28N2O5/c1-4-28-18-8-6-5-7-17(18)22(26)25-21(15(2)3)23(27)24-12-11-16-9-10-19-20(13-16)30-14-29-19/h5-10,13,15,21H,4,11-12,14H2,1-3H3,(H,24,27)(H,25,26). The largest absolute Gasteiger partial charge is 0.493 e. The van der Waals surface area contributed by atoms with E-state index in [1.807, 2.05) is 45.0 Å². The second kappa shape index (κ2) is 10.0. The third-order valence-corrected chi connectivity index (χ3v) is 4.82. The van der Waals surface area contributed by atoms with Crippen LogP contribution in [0.2, 0.25) is 0 Å². The van der Waals surface area contributed by atoms with Gasteiger partial charge in [0, 0.05) is 6.54 Å². The summed E-state index contributed by atoms with van der Waals surface area (Å²) in [6, 6.07) is 12.1. The molecule has 30 heavy (non-hydrogen) atoms. The first-order valence-corrected chi connectivity index (χ1v) is 10.2. The number of rotatable bonds is 9. The molecule has 2 N–H and O–H groups in total. The van der Waals surface area contributed by atoms with Crippen LogP contribution in [-0.2, 0) is 11.2 Å². The zero-order valence-corrected chi connectivity index (χ0v) is 17.6. The normalized spacial score (nSPS) is 13.1. The Kier molecular flexibility index (Phi) is 7.17. The SMILES string of the molecule is CCOc1ccccc1C(=O)NC(C(=O)NCCc1ccc2c(c1)OCO2)C(C)C. The van der Waals surface area contributed by atoms with Gasteiger partial charge in [-0.05, 0) is 49.1 Å². The van der Waals surface area contributed by atoms with Gasteiger partial charge in [-0.2, -0.15) is 0 Å². The Morgan fingerprint density at radius 3 is 2.63 bits per heavy atom. The second-order valence-electron chi connectivity index (χ2n) is 7.35. The molecule has 1 heterocycles. The lowest BCUT2D eigenvalue weighted by atomic mass is 10.0. The third-order valence-electron chi connectivity index (χ3n) is 4.82. The van der Waals surface area contributed by atoms with Crippen molar-refractivity contribution in [3.8, 4) is 17.2 Å². The van der Waals surface area contributed by atoms with Crippen molar-refractivity contribution in [2.24, 2.45) is 5.92 Å². The maximum atomic E-state index is 12.8. The quantitative estimate of drug-likeness (QED) is 0.661. The van der Waals surface area contributed by atoms with Gasteiger partial charge in [-0.3, -0.25) is 9.59 Å². The summed E-state index contributed by atoms with van der Waals surface area (Å²) in [5.41, 5.74) is 1.45. The molecule has 2 amide bonds. The van der Waals surface area contributed by atoms with Crippen LogP contribution >= 0.6 is 0 Å². The van der Waals surface area contributed by atoms with Crippen molar-refractivity contribution in [3.05, 3.63) is 53.6 Å². The topological polar surface area (TPSA) is 85.9 Å². The molecule has 7 nitrogen and oxygen atoms in total. The summed E-state index contributed by atoms with van der Waals surface area (Å²) < 4.78 is 16.2. The van der Waals surface area contributed by atoms with E-state index in [1.54, 1.807) is 18.2 Å². The molecule has 3 rings (SSSR count). The lowest BCUT2D eigenvalue weighted by molar-refractivity contribution is -0.123. The Labute approximate surface area is 176 Å². The van der Waals surface area contributed by atoms with E-state index in [9.17, 15) is 9.59 Å². The number of ether oxygens (including phenoxy) is 3. The highest BCUT2D eigenvalue weighted by atomic mass is 16.7. The fraction of sp³-hybridized carbons (Fsp3) is 0.391. The van der Waals surface area contributed by atoms with Gasteiger partial charge in [0.15, 0.2) is 11.5 Å². The average molecular weight is 412 g/mol. The zero-order valence-electron chi connectivity index (χ0n) is 17.6. The van der Waals surface area contributed by atoms with Gasteiger partial charge in [-0.15, -0.1) is 0 Å². The van der Waals surface area contributed by atoms with Crippen molar-refractivity contribution in [2.75, 3.05) is 19.9 Å². The van der Waals surface area contributed by atoms with E-state index >= 15 is 0 Å². The number of hydrogen-bond donors (Lipinski definition) is 2. The first kappa shape index (κ1) is 21.5. The van der Waals surface area contributed by atoms with Crippen LogP contribution < -0.4 is 24.8 Å². The molecule has 0 aromatic heterocycles. The fourth-order valence-electron chi connectivity index (χ4n) is 3.23. The fourth-order valence-corrected chi connectivity index (χ4v) is 3.23. The van der Waals surface area contributed by atoms with Gasteiger partial charge < -0.3 is 24.8 Å². The van der Waals surface area contributed by atoms with E-state index < -0.39 is 6.04 Å². The molecule has 0 saturated heterocycles. The average Bonchev–Trinajstić information content (AvgIpc) is 3.20. The summed E-state index contributed by atoms with van der Waals surface area (Å²) in [6.45, 7) is 6.80. The molecule has 0 bridgehead atoms. The number of benzene rings is 2. The lowest BCUT2D eigenvalue weighted by Crippen LogP contribution is -2.50. The van der Waals surface area contributed by atoms with Crippen LogP contribution in [-0.4, -0.2) is 37.8 Å². The minimum absolute atomic E-state index is 0.0706. The minimum atomic E-state index is -0.649. The van der Waals surface area contributed by atoms with Crippen molar-refractivity contribution in [3.63, 3.8) is 0 Å². The van der Waals surface area contributed by atoms with E-state index in [0.29, 0.717) is 30.9 Å². The Morgan fingerprint density at radius 2 is 1.87 bits per heavy atom. The van der Waals surface area contributed by atoms with E-state index in [0.717, 1.165) is 17.1 Å². The molecule has 2 aromatic carbocycles. The van der Waals surface area contributed by atoms with Gasteiger partial charge >= 0.3 is 0 Å². The molecule has 0 radical (unpaired) electrons. The van der Waals surface area contributed by atoms with Gasteiger partial charge in [0.05, 0.1) is 12.2 Å². The highest BCUT2D eigenvalue weighted by Gasteiger charge is 2.25. The van der Waals surface area contributed by atoms with Gasteiger partial charge in [0.1, 0.15) is 11.8 Å². The Bertz CT molecular complexity index is 897. The maximum absolute atomic E-state index is 12.8. The monoisotopic (exact) mass is 412 g/mol. The molecule has 1 aliphatic rings. The molecule has 0 saturated carbocycles. The Morgan fingerprint density at radius 1 is 1.10 bits per heavy atom. The van der Waals surface area contributed by atoms with Gasteiger partial charge in [0.2, 0.25) is 12.7 Å². The van der Waals surface area contributed by atoms with Crippen LogP contribution in [0.5, 0.6) is 17.2 Å². The molecule has 0 spiro atoms. The molecule has 1 aliphatic heterocycles. The van der Waals surface area contributed by atoms with Crippen LogP contribution in [0.3, 0.4) is 0 Å². The number of hydrogen-bond acceptors (Lipinski definition) is 5. The smallest absolute Gasteiger partial charge is 0.255 e. The first-order valence-electron chi connectivity index (χ1n) is 10.2. The number of carbonyl (C=O) groups is 2. The van der Waals surface area contributed by atoms with Crippen LogP contribution in [0, 0.1) is 5.92 Å². The second-order valence-corrected chi connectivity index (χ2v) is 7.35. The summed E-state index contributed by atoms with van der Waals surface area (Å²) in [5.74, 6) is 1.34. The molecule has 160 valence electrons. The Balaban J connectivity index is 1.57. The highest BCUT2D eigenvalue weighted by molar-refractivity contribution is 5.99. The number of carbonyl (C=O) groups excluding carboxylic acids is 2. The van der Waals surface area contributed by atoms with Crippen molar-refractivity contribution in [1.29, 1.82) is 0 Å². The summed E-state index contributed by atoms with van der Waals surface area (Å²) in [7, 11) is 0. The Hall–Kier alpha value is -3.22. The molecular weight excluding hydrogens is 384 g/mol. The van der Waals surface area contributed by atoms with Crippen LogP contribution in [0.25, 0.3) is 0 Å². The highest BCUT2D eigenvalue weighted by Crippen LogP contribution is 2.32. The van der Waals surface area contributed by atoms with Gasteiger partial charge in [-0.25, -0.2) is 0 Å². The van der Waals surface area contributed by atoms with E-state index in [1.165, 1.54) is 0 Å². The zero-order chi connectivity index (χ0) is 21.5. The predicted molar refractivity (Wildman–Crippen MR) is 113 cm³/mol. The summed E-state index contributed by atoms with van der Waals surface area (Å²) in [6.07, 6.45) is 0.647. The van der Waals surface area contributed by atoms with Crippen LogP contribution in [0.15, 0.2) is 42.5 Å². The van der Waals surface area contributed by atoms with Crippen LogP contribution in [0.4, 0.5) is 0 Å². The van der Waals surface area contributed by atoms with Gasteiger partial charge in [-0.1, -0.05) is 32.0 Å². The van der Waals surface area contributed by atoms with Crippen molar-refractivity contribution in [2.45, 2.75) is 33.2 Å². The van der Waals surface area contributed by atoms with Crippen molar-refractivity contribution >= 4 is 11.8 Å². The minimum Gasteiger partial charge on any atom is -0.493 e. The third kappa shape index (κ3) is 5.23. The number of fused-ring (bicyclic) bond motifs is 1. The maximum Gasteiger partial charge on any atom is 0.255 e. The summed E-state index contributed by atoms with van der Waals surface area (Å²) >= 11 is 0. The van der Waals surface area contributed by atoms with Crippen molar-refractivity contribution < 1.29 is 23.8 Å². The van der Waals surface area contributed by atoms with E-state index in [2.05, 4.69) is 10.6 Å². The number of amides is 2. The van der Waals surface area contributed by atoms with E-state index in [4.69, 9.17) is 14.2 Å². The molecule has 0 fully saturated rings. The molecule has 7 heteroatoms. The number of nitrogens with one attached hydrogen (secondary N) is 2. The van der Waals surface area contributed by atoms with Gasteiger partial charge in [0.25, 0.3) is 5.91 Å². The summed E-state index contributed by atoms with van der Waals surface area (Å²) in [4.78, 5) is 25.5. The number of para-hydroxylation sites is 1. The predicted octanol–water partition coefficient (Wildman–Crippen LogP) is 2.93. The molecule has 2 aromatic rings. The lowest BCUT2D eigenvalue weighted by Gasteiger charge is -2.22. The first-order chi connectivity index (χ1) is 14.5.